The van der Waals surface area contributed by atoms with Crippen molar-refractivity contribution in [3.63, 3.8) is 0 Å². The average Bonchev–Trinajstić information content (AvgIpc) is 2.77. The van der Waals surface area contributed by atoms with E-state index in [0.29, 0.717) is 56.6 Å². The van der Waals surface area contributed by atoms with Crippen LogP contribution >= 0.6 is 0 Å². The van der Waals surface area contributed by atoms with Crippen LogP contribution in [-0.2, 0) is 24.3 Å². The van der Waals surface area contributed by atoms with Crippen LogP contribution in [0.25, 0.3) is 0 Å². The number of methoxy groups -OCH3 is 1. The minimum Gasteiger partial charge on any atom is -0.495 e. The average molecular weight is 468 g/mol. The number of ether oxygens (including phenoxy) is 2. The molecule has 1 aromatic carbocycles. The molecule has 2 fully saturated rings. The van der Waals surface area contributed by atoms with E-state index in [1.165, 1.54) is 6.92 Å². The largest absolute Gasteiger partial charge is 0.495 e. The van der Waals surface area contributed by atoms with E-state index in [9.17, 15) is 18.0 Å². The van der Waals surface area contributed by atoms with E-state index in [1.807, 2.05) is 4.90 Å². The van der Waals surface area contributed by atoms with Crippen molar-refractivity contribution in [1.82, 2.24) is 9.21 Å². The molecule has 0 aromatic heterocycles. The van der Waals surface area contributed by atoms with Gasteiger partial charge in [0.25, 0.3) is 5.91 Å². The number of nitrogens with zero attached hydrogens (tertiary/aromatic N) is 3. The smallest absolute Gasteiger partial charge is 0.303 e. The second-order valence-corrected chi connectivity index (χ2v) is 10.4. The monoisotopic (exact) mass is 467 g/mol. The molecule has 10 heteroatoms. The van der Waals surface area contributed by atoms with Crippen LogP contribution in [0.1, 0.15) is 33.6 Å². The number of sulfonamides is 1. The first-order valence-corrected chi connectivity index (χ1v) is 12.5. The maximum absolute atomic E-state index is 13.2. The summed E-state index contributed by atoms with van der Waals surface area (Å²) in [6.07, 6.45) is 1.08. The van der Waals surface area contributed by atoms with E-state index in [2.05, 4.69) is 6.92 Å². The molecule has 0 saturated carbocycles. The minimum atomic E-state index is -3.59. The second-order valence-electron chi connectivity index (χ2n) is 8.51. The SMILES string of the molecule is COc1ccc(S(=O)(=O)N2CCCC(C)C2)cc1N1CCN(C(=O)C(C)OC(C)=O)CC1. The summed E-state index contributed by atoms with van der Waals surface area (Å²) < 4.78 is 38.6. The Kier molecular flexibility index (Phi) is 7.66. The molecule has 0 bridgehead atoms. The molecule has 2 aliphatic heterocycles. The number of hydrogen-bond donors (Lipinski definition) is 0. The zero-order valence-corrected chi connectivity index (χ0v) is 20.1. The van der Waals surface area contributed by atoms with Gasteiger partial charge in [0.2, 0.25) is 10.0 Å². The minimum absolute atomic E-state index is 0.234. The van der Waals surface area contributed by atoms with Crippen molar-refractivity contribution in [3.8, 4) is 5.75 Å². The molecule has 1 aromatic rings. The third-order valence-corrected chi connectivity index (χ3v) is 7.89. The predicted molar refractivity (Wildman–Crippen MR) is 120 cm³/mol. The molecule has 2 atom stereocenters. The molecular weight excluding hydrogens is 434 g/mol. The Morgan fingerprint density at radius 3 is 2.41 bits per heavy atom. The fraction of sp³-hybridized carbons (Fsp3) is 0.636. The lowest BCUT2D eigenvalue weighted by molar-refractivity contribution is -0.157. The summed E-state index contributed by atoms with van der Waals surface area (Å²) >= 11 is 0. The number of carbonyl (C=O) groups is 2. The van der Waals surface area contributed by atoms with Gasteiger partial charge in [-0.05, 0) is 43.9 Å². The van der Waals surface area contributed by atoms with Gasteiger partial charge >= 0.3 is 5.97 Å². The van der Waals surface area contributed by atoms with Crippen LogP contribution in [-0.4, -0.2) is 82.0 Å². The van der Waals surface area contributed by atoms with Crippen molar-refractivity contribution in [1.29, 1.82) is 0 Å². The first-order valence-electron chi connectivity index (χ1n) is 11.0. The number of rotatable bonds is 6. The number of piperidine rings is 1. The van der Waals surface area contributed by atoms with Gasteiger partial charge in [-0.15, -0.1) is 0 Å². The lowest BCUT2D eigenvalue weighted by atomic mass is 10.0. The molecule has 32 heavy (non-hydrogen) atoms. The van der Waals surface area contributed by atoms with E-state index in [1.54, 1.807) is 41.4 Å². The maximum atomic E-state index is 13.2. The van der Waals surface area contributed by atoms with Gasteiger partial charge in [-0.1, -0.05) is 6.92 Å². The van der Waals surface area contributed by atoms with Crippen LogP contribution < -0.4 is 9.64 Å². The highest BCUT2D eigenvalue weighted by atomic mass is 32.2. The Morgan fingerprint density at radius 1 is 1.12 bits per heavy atom. The lowest BCUT2D eigenvalue weighted by Gasteiger charge is -2.37. The van der Waals surface area contributed by atoms with Gasteiger partial charge in [-0.3, -0.25) is 9.59 Å². The van der Waals surface area contributed by atoms with Gasteiger partial charge in [0.1, 0.15) is 5.75 Å². The summed E-state index contributed by atoms with van der Waals surface area (Å²) in [6, 6.07) is 4.96. The summed E-state index contributed by atoms with van der Waals surface area (Å²) in [4.78, 5) is 27.6. The Bertz CT molecular complexity index is 943. The fourth-order valence-electron chi connectivity index (χ4n) is 4.32. The molecule has 0 aliphatic carbocycles. The normalized spacial score (nSPS) is 21.2. The van der Waals surface area contributed by atoms with E-state index >= 15 is 0 Å². The second kappa shape index (κ2) is 10.1. The third-order valence-electron chi connectivity index (χ3n) is 6.03. The van der Waals surface area contributed by atoms with Gasteiger partial charge < -0.3 is 19.3 Å². The molecule has 2 aliphatic rings. The first-order chi connectivity index (χ1) is 15.1. The zero-order chi connectivity index (χ0) is 23.5. The molecule has 3 rings (SSSR count). The summed E-state index contributed by atoms with van der Waals surface area (Å²) in [5, 5.41) is 0. The van der Waals surface area contributed by atoms with E-state index in [0.717, 1.165) is 12.8 Å². The van der Waals surface area contributed by atoms with Gasteiger partial charge in [0, 0.05) is 46.2 Å². The van der Waals surface area contributed by atoms with Crippen LogP contribution in [0.2, 0.25) is 0 Å². The highest BCUT2D eigenvalue weighted by Gasteiger charge is 2.31. The van der Waals surface area contributed by atoms with Gasteiger partial charge in [-0.2, -0.15) is 4.31 Å². The van der Waals surface area contributed by atoms with Crippen molar-refractivity contribution >= 4 is 27.6 Å². The molecule has 0 spiro atoms. The van der Waals surface area contributed by atoms with E-state index < -0.39 is 22.1 Å². The standard InChI is InChI=1S/C22H33N3O6S/c1-16-6-5-9-25(15-16)32(28,29)19-7-8-21(30-4)20(14-19)23-10-12-24(13-11-23)22(27)17(2)31-18(3)26/h7-8,14,16-17H,5-6,9-13,15H2,1-4H3. The third kappa shape index (κ3) is 5.35. The number of hydrogen-bond acceptors (Lipinski definition) is 7. The van der Waals surface area contributed by atoms with Crippen LogP contribution in [0.3, 0.4) is 0 Å². The van der Waals surface area contributed by atoms with E-state index in [-0.39, 0.29) is 10.8 Å². The van der Waals surface area contributed by atoms with Crippen LogP contribution in [0.15, 0.2) is 23.1 Å². The molecule has 2 unspecified atom stereocenters. The number of carbonyl (C=O) groups excluding carboxylic acids is 2. The Labute approximate surface area is 190 Å². The van der Waals surface area contributed by atoms with Crippen molar-refractivity contribution in [2.45, 2.75) is 44.6 Å². The van der Waals surface area contributed by atoms with Crippen LogP contribution in [0.4, 0.5) is 5.69 Å². The highest BCUT2D eigenvalue weighted by Crippen LogP contribution is 2.33. The van der Waals surface area contributed by atoms with Crippen molar-refractivity contribution in [3.05, 3.63) is 18.2 Å². The van der Waals surface area contributed by atoms with Gasteiger partial charge in [0.05, 0.1) is 17.7 Å². The number of anilines is 1. The summed E-state index contributed by atoms with van der Waals surface area (Å²) in [5.41, 5.74) is 0.693. The maximum Gasteiger partial charge on any atom is 0.303 e. The summed E-state index contributed by atoms with van der Waals surface area (Å²) in [7, 11) is -2.03. The lowest BCUT2D eigenvalue weighted by Crippen LogP contribution is -2.51. The molecule has 0 N–H and O–H groups in total. The number of esters is 1. The quantitative estimate of drug-likeness (QED) is 0.588. The topological polar surface area (TPSA) is 96.5 Å². The Balaban J connectivity index is 1.76. The van der Waals surface area contributed by atoms with E-state index in [4.69, 9.17) is 9.47 Å². The predicted octanol–water partition coefficient (Wildman–Crippen LogP) is 1.72. The number of amides is 1. The summed E-state index contributed by atoms with van der Waals surface area (Å²) in [6.45, 7) is 7.89. The molecular formula is C22H33N3O6S. The van der Waals surface area contributed by atoms with Crippen molar-refractivity contribution < 1.29 is 27.5 Å². The zero-order valence-electron chi connectivity index (χ0n) is 19.2. The van der Waals surface area contributed by atoms with Crippen molar-refractivity contribution in [2.75, 3.05) is 51.3 Å². The van der Waals surface area contributed by atoms with Crippen LogP contribution in [0, 0.1) is 5.92 Å². The van der Waals surface area contributed by atoms with Gasteiger partial charge in [-0.25, -0.2) is 8.42 Å². The Morgan fingerprint density at radius 2 is 1.81 bits per heavy atom. The molecule has 2 heterocycles. The molecule has 1 amide bonds. The first kappa shape index (κ1) is 24.3. The summed E-state index contributed by atoms with van der Waals surface area (Å²) in [5.74, 6) is 0.206. The van der Waals surface area contributed by atoms with Crippen molar-refractivity contribution in [2.24, 2.45) is 5.92 Å². The molecule has 9 nitrogen and oxygen atoms in total. The molecule has 0 radical (unpaired) electrons. The Hall–Kier alpha value is -2.33. The fourth-order valence-corrected chi connectivity index (χ4v) is 5.93. The highest BCUT2D eigenvalue weighted by molar-refractivity contribution is 7.89. The van der Waals surface area contributed by atoms with Crippen LogP contribution in [0.5, 0.6) is 5.75 Å². The molecule has 2 saturated heterocycles. The molecule has 178 valence electrons. The van der Waals surface area contributed by atoms with Gasteiger partial charge in [0.15, 0.2) is 6.10 Å². The number of benzene rings is 1. The number of piperazine rings is 1.